The van der Waals surface area contributed by atoms with Crippen molar-refractivity contribution in [3.05, 3.63) is 63.7 Å². The van der Waals surface area contributed by atoms with Crippen molar-refractivity contribution in [3.63, 3.8) is 0 Å². The number of alkyl halides is 3. The highest BCUT2D eigenvalue weighted by Gasteiger charge is 2.30. The van der Waals surface area contributed by atoms with E-state index in [0.29, 0.717) is 22.1 Å². The molecule has 0 spiro atoms. The molecule has 170 valence electrons. The highest BCUT2D eigenvalue weighted by molar-refractivity contribution is 7.98. The van der Waals surface area contributed by atoms with Crippen LogP contribution in [0, 0.1) is 13.8 Å². The Balaban J connectivity index is 1.76. The molecule has 0 unspecified atom stereocenters. The lowest BCUT2D eigenvalue weighted by atomic mass is 10.1. The number of ether oxygens (including phenoxy) is 1. The van der Waals surface area contributed by atoms with Crippen molar-refractivity contribution in [2.45, 2.75) is 44.0 Å². The van der Waals surface area contributed by atoms with Gasteiger partial charge >= 0.3 is 12.1 Å². The Bertz CT molecular complexity index is 1110. The number of halogens is 3. The summed E-state index contributed by atoms with van der Waals surface area (Å²) in [6, 6.07) is 8.93. The zero-order valence-corrected chi connectivity index (χ0v) is 19.4. The van der Waals surface area contributed by atoms with Crippen molar-refractivity contribution < 1.29 is 27.8 Å². The number of aromatic nitrogens is 1. The van der Waals surface area contributed by atoms with Gasteiger partial charge in [-0.05, 0) is 55.7 Å². The van der Waals surface area contributed by atoms with Gasteiger partial charge in [0.05, 0.1) is 11.3 Å². The molecule has 0 aliphatic heterocycles. The van der Waals surface area contributed by atoms with Crippen LogP contribution < -0.4 is 4.74 Å². The van der Waals surface area contributed by atoms with Crippen LogP contribution in [0.15, 0.2) is 41.3 Å². The van der Waals surface area contributed by atoms with Crippen molar-refractivity contribution in [2.75, 3.05) is 6.61 Å². The quantitative estimate of drug-likeness (QED) is 0.360. The number of aliphatic carboxylic acids is 1. The Morgan fingerprint density at radius 3 is 2.47 bits per heavy atom. The molecular formula is C23H22F3NO3S2. The number of aryl methyl sites for hydroxylation is 3. The van der Waals surface area contributed by atoms with Gasteiger partial charge in [-0.25, -0.2) is 9.78 Å². The molecule has 1 aromatic heterocycles. The fraction of sp³-hybridized carbons (Fsp3) is 0.304. The molecule has 0 saturated heterocycles. The van der Waals surface area contributed by atoms with E-state index < -0.39 is 17.7 Å². The lowest BCUT2D eigenvalue weighted by Crippen LogP contribution is -2.10. The summed E-state index contributed by atoms with van der Waals surface area (Å²) < 4.78 is 43.8. The molecule has 3 rings (SSSR count). The molecule has 1 N–H and O–H groups in total. The summed E-state index contributed by atoms with van der Waals surface area (Å²) in [4.78, 5) is 17.5. The number of carboxylic acid groups (broad SMARTS) is 1. The maximum atomic E-state index is 12.8. The fourth-order valence-corrected chi connectivity index (χ4v) is 5.46. The van der Waals surface area contributed by atoms with Crippen LogP contribution in [0.25, 0.3) is 10.6 Å². The number of rotatable bonds is 8. The summed E-state index contributed by atoms with van der Waals surface area (Å²) >= 11 is 3.12. The summed E-state index contributed by atoms with van der Waals surface area (Å²) in [5, 5.41) is 9.52. The number of nitrogens with zero attached hydrogens (tertiary/aromatic N) is 1. The number of thiazole rings is 1. The summed E-state index contributed by atoms with van der Waals surface area (Å²) in [5.74, 6) is 0.212. The molecule has 0 atom stereocenters. The van der Waals surface area contributed by atoms with E-state index in [1.807, 2.05) is 32.9 Å². The summed E-state index contributed by atoms with van der Waals surface area (Å²) in [7, 11) is 0. The van der Waals surface area contributed by atoms with Gasteiger partial charge in [0.25, 0.3) is 0 Å². The van der Waals surface area contributed by atoms with Crippen molar-refractivity contribution in [1.29, 1.82) is 0 Å². The van der Waals surface area contributed by atoms with Crippen LogP contribution in [-0.2, 0) is 23.1 Å². The van der Waals surface area contributed by atoms with Gasteiger partial charge in [-0.1, -0.05) is 19.1 Å². The van der Waals surface area contributed by atoms with Crippen LogP contribution in [0.4, 0.5) is 13.2 Å². The standard InChI is InChI=1S/C23H22F3NO3S2/c1-4-15-10-18(30-11-21(28)29)13(2)9-19(15)31-12-20-14(3)27-22(32-20)16-5-7-17(8-6-16)23(24,25)26/h5-10H,4,11-12H2,1-3H3,(H,28,29). The van der Waals surface area contributed by atoms with E-state index in [4.69, 9.17) is 9.84 Å². The van der Waals surface area contributed by atoms with Gasteiger partial charge < -0.3 is 9.84 Å². The molecule has 0 amide bonds. The molecule has 0 radical (unpaired) electrons. The Kier molecular flexibility index (Phi) is 7.51. The molecule has 2 aromatic carbocycles. The minimum absolute atomic E-state index is 0.386. The lowest BCUT2D eigenvalue weighted by molar-refractivity contribution is -0.139. The fourth-order valence-electron chi connectivity index (χ4n) is 3.04. The predicted molar refractivity (Wildman–Crippen MR) is 121 cm³/mol. The Hall–Kier alpha value is -2.52. The first kappa shape index (κ1) is 24.1. The number of benzene rings is 2. The first-order valence-corrected chi connectivity index (χ1v) is 11.6. The molecule has 32 heavy (non-hydrogen) atoms. The van der Waals surface area contributed by atoms with E-state index in [0.717, 1.165) is 45.1 Å². The van der Waals surface area contributed by atoms with Gasteiger partial charge in [0.15, 0.2) is 6.61 Å². The average molecular weight is 482 g/mol. The average Bonchev–Trinajstić information content (AvgIpc) is 3.11. The predicted octanol–water partition coefficient (Wildman–Crippen LogP) is 6.76. The van der Waals surface area contributed by atoms with Crippen LogP contribution in [0.3, 0.4) is 0 Å². The van der Waals surface area contributed by atoms with Crippen molar-refractivity contribution in [2.24, 2.45) is 0 Å². The lowest BCUT2D eigenvalue weighted by Gasteiger charge is -2.13. The van der Waals surface area contributed by atoms with Gasteiger partial charge in [0.2, 0.25) is 0 Å². The topological polar surface area (TPSA) is 59.4 Å². The van der Waals surface area contributed by atoms with Crippen molar-refractivity contribution in [3.8, 4) is 16.3 Å². The Morgan fingerprint density at radius 2 is 1.88 bits per heavy atom. The molecule has 1 heterocycles. The summed E-state index contributed by atoms with van der Waals surface area (Å²) in [5.41, 5.74) is 2.76. The van der Waals surface area contributed by atoms with Gasteiger partial charge in [0.1, 0.15) is 10.8 Å². The van der Waals surface area contributed by atoms with Crippen molar-refractivity contribution in [1.82, 2.24) is 4.98 Å². The third kappa shape index (κ3) is 5.83. The first-order chi connectivity index (χ1) is 15.1. The van der Waals surface area contributed by atoms with E-state index in [2.05, 4.69) is 4.98 Å². The van der Waals surface area contributed by atoms with E-state index in [1.54, 1.807) is 11.8 Å². The number of hydrogen-bond acceptors (Lipinski definition) is 5. The van der Waals surface area contributed by atoms with Crippen LogP contribution in [0.2, 0.25) is 0 Å². The molecule has 3 aromatic rings. The number of thioether (sulfide) groups is 1. The van der Waals surface area contributed by atoms with Crippen LogP contribution in [-0.4, -0.2) is 22.7 Å². The zero-order valence-electron chi connectivity index (χ0n) is 17.7. The molecule has 0 aliphatic rings. The smallest absolute Gasteiger partial charge is 0.416 e. The number of hydrogen-bond donors (Lipinski definition) is 1. The third-order valence-corrected chi connectivity index (χ3v) is 7.31. The molecule has 0 bridgehead atoms. The highest BCUT2D eigenvalue weighted by Crippen LogP contribution is 2.37. The van der Waals surface area contributed by atoms with Gasteiger partial charge in [-0.15, -0.1) is 23.1 Å². The SMILES string of the molecule is CCc1cc(OCC(=O)O)c(C)cc1SCc1sc(-c2ccc(C(F)(F)F)cc2)nc1C. The molecule has 4 nitrogen and oxygen atoms in total. The second-order valence-corrected chi connectivity index (χ2v) is 9.25. The summed E-state index contributed by atoms with van der Waals surface area (Å²) in [6.07, 6.45) is -3.59. The Morgan fingerprint density at radius 1 is 1.19 bits per heavy atom. The monoisotopic (exact) mass is 481 g/mol. The number of carbonyl (C=O) groups is 1. The van der Waals surface area contributed by atoms with E-state index in [1.165, 1.54) is 23.5 Å². The van der Waals surface area contributed by atoms with Crippen LogP contribution in [0.1, 0.15) is 34.2 Å². The largest absolute Gasteiger partial charge is 0.482 e. The first-order valence-electron chi connectivity index (χ1n) is 9.83. The summed E-state index contributed by atoms with van der Waals surface area (Å²) in [6.45, 7) is 5.41. The minimum Gasteiger partial charge on any atom is -0.482 e. The van der Waals surface area contributed by atoms with Crippen LogP contribution in [0.5, 0.6) is 5.75 Å². The van der Waals surface area contributed by atoms with Gasteiger partial charge in [-0.3, -0.25) is 0 Å². The molecular weight excluding hydrogens is 459 g/mol. The highest BCUT2D eigenvalue weighted by atomic mass is 32.2. The Labute approximate surface area is 192 Å². The van der Waals surface area contributed by atoms with Crippen molar-refractivity contribution >= 4 is 29.1 Å². The minimum atomic E-state index is -4.36. The van der Waals surface area contributed by atoms with Crippen LogP contribution >= 0.6 is 23.1 Å². The molecule has 0 saturated carbocycles. The maximum absolute atomic E-state index is 12.8. The second kappa shape index (κ2) is 9.95. The van der Waals surface area contributed by atoms with Gasteiger partial charge in [0, 0.05) is 21.1 Å². The molecule has 0 fully saturated rings. The zero-order chi connectivity index (χ0) is 23.5. The van der Waals surface area contributed by atoms with E-state index >= 15 is 0 Å². The van der Waals surface area contributed by atoms with E-state index in [-0.39, 0.29) is 6.61 Å². The second-order valence-electron chi connectivity index (χ2n) is 7.15. The van der Waals surface area contributed by atoms with E-state index in [9.17, 15) is 18.0 Å². The normalized spacial score (nSPS) is 11.6. The third-order valence-electron chi connectivity index (χ3n) is 4.80. The molecule has 9 heteroatoms. The van der Waals surface area contributed by atoms with Gasteiger partial charge in [-0.2, -0.15) is 13.2 Å². The molecule has 0 aliphatic carbocycles. The number of carboxylic acids is 1. The maximum Gasteiger partial charge on any atom is 0.416 e.